The molecule has 4 rings (SSSR count). The van der Waals surface area contributed by atoms with Crippen molar-refractivity contribution in [2.75, 3.05) is 20.2 Å². The number of hydrogen-bond acceptors (Lipinski definition) is 3. The number of likely N-dealkylation sites (tertiary alicyclic amines) is 1. The highest BCUT2D eigenvalue weighted by Crippen LogP contribution is 2.30. The SMILES string of the molecule is COc1ccccc1CN1CC[C@@H](c2cc3ccccc3cn2)C1. The summed E-state index contributed by atoms with van der Waals surface area (Å²) in [6.07, 6.45) is 3.17. The molecule has 0 N–H and O–H groups in total. The van der Waals surface area contributed by atoms with Crippen molar-refractivity contribution in [3.8, 4) is 5.75 Å². The van der Waals surface area contributed by atoms with Gasteiger partial charge in [0.25, 0.3) is 0 Å². The standard InChI is InChI=1S/C21H22N2O/c1-24-21-9-5-4-8-19(21)15-23-11-10-18(14-23)20-12-16-6-2-3-7-17(16)13-22-20/h2-9,12-13,18H,10-11,14-15H2,1H3/t18-/m1/s1. The zero-order chi connectivity index (χ0) is 16.4. The molecule has 1 aliphatic heterocycles. The monoisotopic (exact) mass is 318 g/mol. The molecule has 1 saturated heterocycles. The molecule has 0 bridgehead atoms. The fraction of sp³-hybridized carbons (Fsp3) is 0.286. The Morgan fingerprint density at radius 1 is 1.08 bits per heavy atom. The summed E-state index contributed by atoms with van der Waals surface area (Å²) in [5.41, 5.74) is 2.48. The number of nitrogens with zero attached hydrogens (tertiary/aromatic N) is 2. The lowest BCUT2D eigenvalue weighted by atomic mass is 10.0. The highest BCUT2D eigenvalue weighted by molar-refractivity contribution is 5.81. The van der Waals surface area contributed by atoms with Crippen LogP contribution in [0.4, 0.5) is 0 Å². The first-order valence-corrected chi connectivity index (χ1v) is 8.52. The van der Waals surface area contributed by atoms with Gasteiger partial charge < -0.3 is 4.74 Å². The Bertz CT molecular complexity index is 846. The molecule has 1 aliphatic rings. The second-order valence-electron chi connectivity index (χ2n) is 6.49. The van der Waals surface area contributed by atoms with Crippen LogP contribution in [0, 0.1) is 0 Å². The first-order chi connectivity index (χ1) is 11.8. The summed E-state index contributed by atoms with van der Waals surface area (Å²) < 4.78 is 5.48. The number of benzene rings is 2. The van der Waals surface area contributed by atoms with Crippen molar-refractivity contribution in [3.05, 3.63) is 72.1 Å². The third-order valence-electron chi connectivity index (χ3n) is 4.93. The topological polar surface area (TPSA) is 25.4 Å². The largest absolute Gasteiger partial charge is 0.496 e. The summed E-state index contributed by atoms with van der Waals surface area (Å²) in [5.74, 6) is 1.49. The number of para-hydroxylation sites is 1. The van der Waals surface area contributed by atoms with Gasteiger partial charge in [-0.3, -0.25) is 9.88 Å². The number of pyridine rings is 1. The lowest BCUT2D eigenvalue weighted by Gasteiger charge is -2.18. The second-order valence-corrected chi connectivity index (χ2v) is 6.49. The van der Waals surface area contributed by atoms with Gasteiger partial charge >= 0.3 is 0 Å². The van der Waals surface area contributed by atoms with Crippen molar-refractivity contribution < 1.29 is 4.74 Å². The highest BCUT2D eigenvalue weighted by atomic mass is 16.5. The Balaban J connectivity index is 1.49. The molecule has 0 unspecified atom stereocenters. The van der Waals surface area contributed by atoms with Gasteiger partial charge in [0.2, 0.25) is 0 Å². The summed E-state index contributed by atoms with van der Waals surface area (Å²) in [5, 5.41) is 2.50. The molecule has 24 heavy (non-hydrogen) atoms. The number of aromatic nitrogens is 1. The maximum absolute atomic E-state index is 5.48. The van der Waals surface area contributed by atoms with E-state index in [1.165, 1.54) is 28.5 Å². The molecule has 0 spiro atoms. The van der Waals surface area contributed by atoms with Crippen LogP contribution < -0.4 is 4.74 Å². The van der Waals surface area contributed by atoms with E-state index in [0.29, 0.717) is 5.92 Å². The summed E-state index contributed by atoms with van der Waals surface area (Å²) in [4.78, 5) is 7.21. The van der Waals surface area contributed by atoms with Crippen LogP contribution in [0.1, 0.15) is 23.6 Å². The Labute approximate surface area is 142 Å². The van der Waals surface area contributed by atoms with Crippen LogP contribution in [-0.2, 0) is 6.54 Å². The molecule has 0 radical (unpaired) electrons. The van der Waals surface area contributed by atoms with Crippen molar-refractivity contribution in [2.24, 2.45) is 0 Å². The summed E-state index contributed by atoms with van der Waals surface area (Å²) in [6.45, 7) is 3.11. The normalized spacial score (nSPS) is 18.1. The molecule has 0 saturated carbocycles. The minimum absolute atomic E-state index is 0.518. The van der Waals surface area contributed by atoms with Crippen LogP contribution in [0.3, 0.4) is 0 Å². The van der Waals surface area contributed by atoms with Crippen LogP contribution in [0.2, 0.25) is 0 Å². The van der Waals surface area contributed by atoms with Crippen molar-refractivity contribution in [2.45, 2.75) is 18.9 Å². The Kier molecular flexibility index (Phi) is 4.18. The number of rotatable bonds is 4. The molecule has 1 atom stereocenters. The minimum Gasteiger partial charge on any atom is -0.496 e. The van der Waals surface area contributed by atoms with E-state index in [4.69, 9.17) is 9.72 Å². The van der Waals surface area contributed by atoms with Crippen molar-refractivity contribution in [1.82, 2.24) is 9.88 Å². The van der Waals surface area contributed by atoms with E-state index < -0.39 is 0 Å². The van der Waals surface area contributed by atoms with Crippen LogP contribution in [-0.4, -0.2) is 30.1 Å². The molecule has 122 valence electrons. The Hall–Kier alpha value is -2.39. The van der Waals surface area contributed by atoms with Gasteiger partial charge in [-0.15, -0.1) is 0 Å². The second kappa shape index (κ2) is 6.62. The third-order valence-corrected chi connectivity index (χ3v) is 4.93. The van der Waals surface area contributed by atoms with Gasteiger partial charge in [0.15, 0.2) is 0 Å². The van der Waals surface area contributed by atoms with Gasteiger partial charge in [-0.1, -0.05) is 42.5 Å². The average molecular weight is 318 g/mol. The van der Waals surface area contributed by atoms with Crippen LogP contribution in [0.15, 0.2) is 60.8 Å². The molecule has 2 heterocycles. The third kappa shape index (κ3) is 3.00. The Morgan fingerprint density at radius 3 is 2.75 bits per heavy atom. The smallest absolute Gasteiger partial charge is 0.123 e. The zero-order valence-electron chi connectivity index (χ0n) is 14.0. The molecular formula is C21H22N2O. The summed E-state index contributed by atoms with van der Waals surface area (Å²) in [7, 11) is 1.74. The van der Waals surface area contributed by atoms with E-state index in [1.54, 1.807) is 7.11 Å². The first-order valence-electron chi connectivity index (χ1n) is 8.52. The van der Waals surface area contributed by atoms with E-state index in [1.807, 2.05) is 18.3 Å². The number of fused-ring (bicyclic) bond motifs is 1. The van der Waals surface area contributed by atoms with Gasteiger partial charge in [-0.25, -0.2) is 0 Å². The predicted molar refractivity (Wildman–Crippen MR) is 97.4 cm³/mol. The van der Waals surface area contributed by atoms with E-state index in [2.05, 4.69) is 47.4 Å². The lowest BCUT2D eigenvalue weighted by Crippen LogP contribution is -2.20. The summed E-state index contributed by atoms with van der Waals surface area (Å²) >= 11 is 0. The van der Waals surface area contributed by atoms with E-state index >= 15 is 0 Å². The van der Waals surface area contributed by atoms with Crippen molar-refractivity contribution in [1.29, 1.82) is 0 Å². The molecular weight excluding hydrogens is 296 g/mol. The minimum atomic E-state index is 0.518. The Morgan fingerprint density at radius 2 is 1.88 bits per heavy atom. The molecule has 0 aliphatic carbocycles. The molecule has 1 fully saturated rings. The number of ether oxygens (including phenoxy) is 1. The van der Waals surface area contributed by atoms with Gasteiger partial charge in [0.1, 0.15) is 5.75 Å². The highest BCUT2D eigenvalue weighted by Gasteiger charge is 2.25. The fourth-order valence-corrected chi connectivity index (χ4v) is 3.62. The lowest BCUT2D eigenvalue weighted by molar-refractivity contribution is 0.316. The van der Waals surface area contributed by atoms with Gasteiger partial charge in [0.05, 0.1) is 7.11 Å². The van der Waals surface area contributed by atoms with Crippen molar-refractivity contribution in [3.63, 3.8) is 0 Å². The fourth-order valence-electron chi connectivity index (χ4n) is 3.62. The predicted octanol–water partition coefficient (Wildman–Crippen LogP) is 4.23. The molecule has 2 aromatic carbocycles. The molecule has 3 aromatic rings. The van der Waals surface area contributed by atoms with Gasteiger partial charge in [-0.2, -0.15) is 0 Å². The quantitative estimate of drug-likeness (QED) is 0.720. The molecule has 0 amide bonds. The molecule has 1 aromatic heterocycles. The van der Waals surface area contributed by atoms with Crippen molar-refractivity contribution >= 4 is 10.8 Å². The molecule has 3 nitrogen and oxygen atoms in total. The summed E-state index contributed by atoms with van der Waals surface area (Å²) in [6, 6.07) is 19.0. The number of hydrogen-bond donors (Lipinski definition) is 0. The van der Waals surface area contributed by atoms with Gasteiger partial charge in [-0.05, 0) is 30.5 Å². The maximum Gasteiger partial charge on any atom is 0.123 e. The average Bonchev–Trinajstić information content (AvgIpc) is 3.10. The maximum atomic E-state index is 5.48. The zero-order valence-corrected chi connectivity index (χ0v) is 14.0. The van der Waals surface area contributed by atoms with Crippen LogP contribution in [0.25, 0.3) is 10.8 Å². The van der Waals surface area contributed by atoms with E-state index in [0.717, 1.165) is 25.4 Å². The van der Waals surface area contributed by atoms with E-state index in [9.17, 15) is 0 Å². The molecule has 3 heteroatoms. The first kappa shape index (κ1) is 15.2. The van der Waals surface area contributed by atoms with Crippen LogP contribution in [0.5, 0.6) is 5.75 Å². The van der Waals surface area contributed by atoms with Gasteiger partial charge in [0, 0.05) is 41.8 Å². The number of methoxy groups -OCH3 is 1. The van der Waals surface area contributed by atoms with Crippen LogP contribution >= 0.6 is 0 Å². The van der Waals surface area contributed by atoms with E-state index in [-0.39, 0.29) is 0 Å².